The van der Waals surface area contributed by atoms with Crippen LogP contribution in [0.15, 0.2) is 23.0 Å². The zero-order valence-corrected chi connectivity index (χ0v) is 10.1. The molecule has 0 saturated carbocycles. The Bertz CT molecular complexity index is 746. The maximum atomic E-state index is 13.4. The number of nitrogens with zero attached hydrogens (tertiary/aromatic N) is 4. The smallest absolute Gasteiger partial charge is 0.240 e. The molecule has 90 valence electrons. The molecule has 8 heteroatoms. The number of hydrogen-bond acceptors (Lipinski definition) is 5. The quantitative estimate of drug-likeness (QED) is 0.643. The van der Waals surface area contributed by atoms with Gasteiger partial charge < -0.3 is 0 Å². The van der Waals surface area contributed by atoms with Gasteiger partial charge in [0.15, 0.2) is 0 Å². The first-order valence-corrected chi connectivity index (χ1v) is 5.51. The Morgan fingerprint density at radius 3 is 2.67 bits per heavy atom. The van der Waals surface area contributed by atoms with Crippen molar-refractivity contribution in [1.29, 1.82) is 0 Å². The summed E-state index contributed by atoms with van der Waals surface area (Å²) in [4.78, 5) is 8.08. The topological polar surface area (TPSA) is 64.7 Å². The van der Waals surface area contributed by atoms with Gasteiger partial charge in [0.2, 0.25) is 11.3 Å². The summed E-state index contributed by atoms with van der Waals surface area (Å²) in [5.74, 6) is -0.587. The lowest BCUT2D eigenvalue weighted by atomic mass is 10.1. The van der Waals surface area contributed by atoms with Gasteiger partial charge in [-0.25, -0.2) is 19.0 Å². The molecule has 0 bridgehead atoms. The van der Waals surface area contributed by atoms with Gasteiger partial charge in [-0.15, -0.1) is 0 Å². The van der Waals surface area contributed by atoms with E-state index in [1.807, 2.05) is 0 Å². The first-order valence-electron chi connectivity index (χ1n) is 4.75. The standard InChI is InChI=1S/C10H3Cl2FN4O/c11-5-2-6(12)7(13)1-4(5)8-3-14-9-10(15-8)17-18-16-9/h1-3H. The van der Waals surface area contributed by atoms with Gasteiger partial charge >= 0.3 is 0 Å². The minimum absolute atomic E-state index is 0.0547. The van der Waals surface area contributed by atoms with E-state index in [0.717, 1.165) is 0 Å². The van der Waals surface area contributed by atoms with Gasteiger partial charge in [0.25, 0.3) is 0 Å². The Balaban J connectivity index is 2.21. The Kier molecular flexibility index (Phi) is 2.61. The Morgan fingerprint density at radius 1 is 1.06 bits per heavy atom. The number of aromatic nitrogens is 4. The lowest BCUT2D eigenvalue weighted by Gasteiger charge is -2.04. The number of fused-ring (bicyclic) bond motifs is 1. The van der Waals surface area contributed by atoms with Crippen molar-refractivity contribution in [3.63, 3.8) is 0 Å². The van der Waals surface area contributed by atoms with E-state index >= 15 is 0 Å². The summed E-state index contributed by atoms with van der Waals surface area (Å²) in [7, 11) is 0. The van der Waals surface area contributed by atoms with Crippen LogP contribution >= 0.6 is 23.2 Å². The fraction of sp³-hybridized carbons (Fsp3) is 0. The molecule has 0 unspecified atom stereocenters. The SMILES string of the molecule is Fc1cc(-c2cnc3nonc3n2)c(Cl)cc1Cl. The fourth-order valence-electron chi connectivity index (χ4n) is 1.44. The summed E-state index contributed by atoms with van der Waals surface area (Å²) in [6.07, 6.45) is 1.40. The molecular weight excluding hydrogens is 282 g/mol. The summed E-state index contributed by atoms with van der Waals surface area (Å²) >= 11 is 11.6. The predicted molar refractivity (Wildman–Crippen MR) is 62.8 cm³/mol. The molecule has 0 amide bonds. The normalized spacial score (nSPS) is 11.1. The maximum absolute atomic E-state index is 13.4. The molecule has 0 fully saturated rings. The van der Waals surface area contributed by atoms with Gasteiger partial charge in [0.1, 0.15) is 5.82 Å². The third-order valence-corrected chi connectivity index (χ3v) is 2.88. The van der Waals surface area contributed by atoms with E-state index in [1.165, 1.54) is 18.3 Å². The third-order valence-electron chi connectivity index (χ3n) is 2.28. The van der Waals surface area contributed by atoms with Crippen LogP contribution in [0.25, 0.3) is 22.6 Å². The van der Waals surface area contributed by atoms with Gasteiger partial charge in [-0.05, 0) is 22.4 Å². The van der Waals surface area contributed by atoms with E-state index in [1.54, 1.807) is 0 Å². The number of hydrogen-bond donors (Lipinski definition) is 0. The summed E-state index contributed by atoms with van der Waals surface area (Å²) in [6, 6.07) is 2.49. The van der Waals surface area contributed by atoms with Crippen LogP contribution in [0.4, 0.5) is 4.39 Å². The zero-order valence-electron chi connectivity index (χ0n) is 8.56. The molecule has 3 rings (SSSR count). The first kappa shape index (κ1) is 11.3. The molecule has 5 nitrogen and oxygen atoms in total. The highest BCUT2D eigenvalue weighted by Crippen LogP contribution is 2.31. The van der Waals surface area contributed by atoms with Crippen LogP contribution < -0.4 is 0 Å². The molecule has 0 spiro atoms. The summed E-state index contributed by atoms with van der Waals surface area (Å²) in [6.45, 7) is 0. The van der Waals surface area contributed by atoms with E-state index in [4.69, 9.17) is 23.2 Å². The third kappa shape index (κ3) is 1.79. The van der Waals surface area contributed by atoms with Crippen molar-refractivity contribution in [1.82, 2.24) is 20.3 Å². The molecular formula is C10H3Cl2FN4O. The van der Waals surface area contributed by atoms with E-state index in [9.17, 15) is 4.39 Å². The van der Waals surface area contributed by atoms with Crippen LogP contribution in [0.1, 0.15) is 0 Å². The van der Waals surface area contributed by atoms with E-state index in [0.29, 0.717) is 11.3 Å². The molecule has 0 saturated heterocycles. The molecule has 2 aromatic heterocycles. The molecule has 0 N–H and O–H groups in total. The second-order valence-electron chi connectivity index (χ2n) is 3.41. The second-order valence-corrected chi connectivity index (χ2v) is 4.23. The summed E-state index contributed by atoms with van der Waals surface area (Å²) in [5, 5.41) is 7.29. The molecule has 0 aliphatic rings. The van der Waals surface area contributed by atoms with Crippen molar-refractivity contribution >= 4 is 34.5 Å². The van der Waals surface area contributed by atoms with Crippen LogP contribution in [0.3, 0.4) is 0 Å². The van der Waals surface area contributed by atoms with Gasteiger partial charge in [-0.1, -0.05) is 23.2 Å². The first-order chi connectivity index (χ1) is 8.65. The van der Waals surface area contributed by atoms with Crippen molar-refractivity contribution in [2.75, 3.05) is 0 Å². The zero-order chi connectivity index (χ0) is 12.7. The van der Waals surface area contributed by atoms with Gasteiger partial charge in [0, 0.05) is 5.56 Å². The highest BCUT2D eigenvalue weighted by atomic mass is 35.5. The van der Waals surface area contributed by atoms with Crippen LogP contribution in [-0.4, -0.2) is 20.3 Å². The van der Waals surface area contributed by atoms with Crippen LogP contribution in [0.5, 0.6) is 0 Å². The Morgan fingerprint density at radius 2 is 1.83 bits per heavy atom. The van der Waals surface area contributed by atoms with Gasteiger partial charge in [-0.2, -0.15) is 0 Å². The average molecular weight is 285 g/mol. The highest BCUT2D eigenvalue weighted by Gasteiger charge is 2.12. The largest absolute Gasteiger partial charge is 0.243 e. The Labute approximate surface area is 110 Å². The van der Waals surface area contributed by atoms with Crippen molar-refractivity contribution in [3.05, 3.63) is 34.2 Å². The highest BCUT2D eigenvalue weighted by molar-refractivity contribution is 6.36. The van der Waals surface area contributed by atoms with Gasteiger partial charge in [-0.3, -0.25) is 0 Å². The molecule has 0 radical (unpaired) electrons. The minimum Gasteiger partial charge on any atom is -0.240 e. The van der Waals surface area contributed by atoms with Crippen molar-refractivity contribution in [2.24, 2.45) is 0 Å². The average Bonchev–Trinajstić information content (AvgIpc) is 2.80. The van der Waals surface area contributed by atoms with E-state index in [2.05, 4.69) is 24.9 Å². The molecule has 1 aromatic carbocycles. The van der Waals surface area contributed by atoms with Crippen molar-refractivity contribution in [2.45, 2.75) is 0 Å². The monoisotopic (exact) mass is 284 g/mol. The van der Waals surface area contributed by atoms with Gasteiger partial charge in [0.05, 0.1) is 21.9 Å². The summed E-state index contributed by atoms with van der Waals surface area (Å²) in [5.41, 5.74) is 1.22. The summed E-state index contributed by atoms with van der Waals surface area (Å²) < 4.78 is 17.9. The van der Waals surface area contributed by atoms with E-state index < -0.39 is 5.82 Å². The van der Waals surface area contributed by atoms with Crippen molar-refractivity contribution in [3.8, 4) is 11.3 Å². The molecule has 2 heterocycles. The molecule has 3 aromatic rings. The van der Waals surface area contributed by atoms with E-state index in [-0.39, 0.29) is 21.3 Å². The molecule has 0 aliphatic carbocycles. The van der Waals surface area contributed by atoms with Crippen LogP contribution in [0.2, 0.25) is 10.0 Å². The fourth-order valence-corrected chi connectivity index (χ4v) is 1.92. The Hall–Kier alpha value is -1.79. The van der Waals surface area contributed by atoms with Crippen LogP contribution in [0, 0.1) is 5.82 Å². The van der Waals surface area contributed by atoms with Crippen LogP contribution in [-0.2, 0) is 0 Å². The number of benzene rings is 1. The molecule has 18 heavy (non-hydrogen) atoms. The second kappa shape index (κ2) is 4.15. The lowest BCUT2D eigenvalue weighted by molar-refractivity contribution is 0.314. The number of rotatable bonds is 1. The maximum Gasteiger partial charge on any atom is 0.243 e. The molecule has 0 aliphatic heterocycles. The lowest BCUT2D eigenvalue weighted by Crippen LogP contribution is -1.90. The minimum atomic E-state index is -0.587. The molecule has 0 atom stereocenters. The number of halogens is 3. The predicted octanol–water partition coefficient (Wildman–Crippen LogP) is 3.13. The van der Waals surface area contributed by atoms with Crippen molar-refractivity contribution < 1.29 is 9.02 Å².